The number of piperidine rings is 1. The summed E-state index contributed by atoms with van der Waals surface area (Å²) in [7, 11) is 0. The number of nitrogens with one attached hydrogen (secondary N) is 1. The molecule has 0 saturated carbocycles. The van der Waals surface area contributed by atoms with Gasteiger partial charge in [-0.2, -0.15) is 5.10 Å². The van der Waals surface area contributed by atoms with Crippen LogP contribution in [0.1, 0.15) is 6.42 Å². The second-order valence-corrected chi connectivity index (χ2v) is 5.01. The molecule has 2 atom stereocenters. The van der Waals surface area contributed by atoms with Crippen LogP contribution in [0.25, 0.3) is 0 Å². The predicted molar refractivity (Wildman–Crippen MR) is 77.8 cm³/mol. The molecule has 1 aromatic heterocycles. The van der Waals surface area contributed by atoms with Gasteiger partial charge in [0.25, 0.3) is 0 Å². The van der Waals surface area contributed by atoms with Crippen molar-refractivity contribution < 1.29 is 4.79 Å². The van der Waals surface area contributed by atoms with Crippen LogP contribution in [0.3, 0.4) is 0 Å². The standard InChI is InChI=1S/C12H18N4O.2ClH/c17-12(9-16-4-1-3-14-16)15-5-2-10-6-13-7-11(10)8-15;;/h1,3-4,10-11,13H,2,5-9H2;2*1H. The van der Waals surface area contributed by atoms with Gasteiger partial charge in [-0.15, -0.1) is 24.8 Å². The molecule has 1 amide bonds. The molecule has 108 valence electrons. The van der Waals surface area contributed by atoms with Gasteiger partial charge in [-0.3, -0.25) is 9.48 Å². The second-order valence-electron chi connectivity index (χ2n) is 5.01. The van der Waals surface area contributed by atoms with Crippen LogP contribution in [0.5, 0.6) is 0 Å². The highest BCUT2D eigenvalue weighted by atomic mass is 35.5. The molecule has 2 aliphatic rings. The zero-order valence-corrected chi connectivity index (χ0v) is 12.3. The summed E-state index contributed by atoms with van der Waals surface area (Å²) in [5.41, 5.74) is 0. The number of halogens is 2. The van der Waals surface area contributed by atoms with E-state index in [-0.39, 0.29) is 30.7 Å². The number of likely N-dealkylation sites (tertiary alicyclic amines) is 1. The number of hydrogen-bond donors (Lipinski definition) is 1. The Hall–Kier alpha value is -0.780. The summed E-state index contributed by atoms with van der Waals surface area (Å²) in [4.78, 5) is 14.1. The number of aromatic nitrogens is 2. The molecule has 1 aromatic rings. The number of nitrogens with zero attached hydrogens (tertiary/aromatic N) is 3. The summed E-state index contributed by atoms with van der Waals surface area (Å²) in [5, 5.41) is 7.49. The molecule has 3 heterocycles. The van der Waals surface area contributed by atoms with Gasteiger partial charge in [-0.25, -0.2) is 0 Å². The number of carbonyl (C=O) groups is 1. The lowest BCUT2D eigenvalue weighted by atomic mass is 9.89. The fourth-order valence-corrected chi connectivity index (χ4v) is 2.89. The second kappa shape index (κ2) is 7.12. The van der Waals surface area contributed by atoms with Crippen molar-refractivity contribution in [1.29, 1.82) is 0 Å². The summed E-state index contributed by atoms with van der Waals surface area (Å²) in [6, 6.07) is 1.85. The van der Waals surface area contributed by atoms with E-state index in [0.717, 1.165) is 38.5 Å². The molecule has 0 radical (unpaired) electrons. The summed E-state index contributed by atoms with van der Waals surface area (Å²) >= 11 is 0. The van der Waals surface area contributed by atoms with Crippen LogP contribution in [0.2, 0.25) is 0 Å². The Bertz CT molecular complexity index is 398. The van der Waals surface area contributed by atoms with Crippen LogP contribution in [0.4, 0.5) is 0 Å². The van der Waals surface area contributed by atoms with Crippen LogP contribution in [0, 0.1) is 11.8 Å². The maximum atomic E-state index is 12.1. The third-order valence-electron chi connectivity index (χ3n) is 3.91. The molecule has 0 aromatic carbocycles. The molecule has 0 bridgehead atoms. The molecule has 1 N–H and O–H groups in total. The minimum atomic E-state index is 0. The van der Waals surface area contributed by atoms with Gasteiger partial charge >= 0.3 is 0 Å². The average molecular weight is 307 g/mol. The van der Waals surface area contributed by atoms with Gasteiger partial charge in [0.05, 0.1) is 0 Å². The van der Waals surface area contributed by atoms with Gasteiger partial charge < -0.3 is 10.2 Å². The largest absolute Gasteiger partial charge is 0.341 e. The van der Waals surface area contributed by atoms with Crippen LogP contribution in [-0.4, -0.2) is 46.8 Å². The first kappa shape index (κ1) is 16.3. The van der Waals surface area contributed by atoms with Crippen molar-refractivity contribution in [1.82, 2.24) is 20.0 Å². The molecule has 2 unspecified atom stereocenters. The van der Waals surface area contributed by atoms with Crippen molar-refractivity contribution in [3.63, 3.8) is 0 Å². The Morgan fingerprint density at radius 1 is 1.32 bits per heavy atom. The van der Waals surface area contributed by atoms with Crippen molar-refractivity contribution in [2.75, 3.05) is 26.2 Å². The van der Waals surface area contributed by atoms with Crippen LogP contribution in [0.15, 0.2) is 18.5 Å². The van der Waals surface area contributed by atoms with Crippen LogP contribution in [-0.2, 0) is 11.3 Å². The summed E-state index contributed by atoms with van der Waals surface area (Å²) < 4.78 is 1.70. The first-order valence-corrected chi connectivity index (χ1v) is 6.29. The maximum absolute atomic E-state index is 12.1. The van der Waals surface area contributed by atoms with Gasteiger partial charge in [0, 0.05) is 25.5 Å². The molecule has 0 spiro atoms. The Morgan fingerprint density at radius 2 is 2.11 bits per heavy atom. The fraction of sp³-hybridized carbons (Fsp3) is 0.667. The first-order chi connectivity index (χ1) is 8.33. The van der Waals surface area contributed by atoms with E-state index in [1.165, 1.54) is 0 Å². The molecule has 2 saturated heterocycles. The smallest absolute Gasteiger partial charge is 0.244 e. The van der Waals surface area contributed by atoms with E-state index in [1.807, 2.05) is 17.2 Å². The van der Waals surface area contributed by atoms with E-state index in [0.29, 0.717) is 12.5 Å². The summed E-state index contributed by atoms with van der Waals surface area (Å²) in [6.45, 7) is 4.39. The quantitative estimate of drug-likeness (QED) is 0.879. The van der Waals surface area contributed by atoms with Crippen molar-refractivity contribution >= 4 is 30.7 Å². The SMILES string of the molecule is Cl.Cl.O=C(Cn1cccn1)N1CCC2CNCC2C1. The Labute approximate surface area is 125 Å². The van der Waals surface area contributed by atoms with Gasteiger partial charge in [0.1, 0.15) is 6.54 Å². The molecular formula is C12H20Cl2N4O. The van der Waals surface area contributed by atoms with E-state index >= 15 is 0 Å². The molecule has 3 rings (SSSR count). The Kier molecular flexibility index (Phi) is 6.10. The molecule has 0 aliphatic carbocycles. The third-order valence-corrected chi connectivity index (χ3v) is 3.91. The number of hydrogen-bond acceptors (Lipinski definition) is 3. The zero-order valence-electron chi connectivity index (χ0n) is 10.7. The van der Waals surface area contributed by atoms with Crippen molar-refractivity contribution in [3.8, 4) is 0 Å². The van der Waals surface area contributed by atoms with E-state index < -0.39 is 0 Å². The number of amides is 1. The van der Waals surface area contributed by atoms with Crippen molar-refractivity contribution in [3.05, 3.63) is 18.5 Å². The van der Waals surface area contributed by atoms with Gasteiger partial charge in [-0.05, 0) is 37.4 Å². The van der Waals surface area contributed by atoms with E-state index in [1.54, 1.807) is 10.9 Å². The van der Waals surface area contributed by atoms with Gasteiger partial charge in [0.15, 0.2) is 0 Å². The van der Waals surface area contributed by atoms with Crippen molar-refractivity contribution in [2.24, 2.45) is 11.8 Å². The van der Waals surface area contributed by atoms with E-state index in [9.17, 15) is 4.79 Å². The highest BCUT2D eigenvalue weighted by Crippen LogP contribution is 2.26. The molecular weight excluding hydrogens is 287 g/mol. The number of rotatable bonds is 2. The highest BCUT2D eigenvalue weighted by Gasteiger charge is 2.34. The molecule has 19 heavy (non-hydrogen) atoms. The van der Waals surface area contributed by atoms with Crippen LogP contribution < -0.4 is 5.32 Å². The van der Waals surface area contributed by atoms with Crippen molar-refractivity contribution in [2.45, 2.75) is 13.0 Å². The summed E-state index contributed by atoms with van der Waals surface area (Å²) in [5.74, 6) is 1.63. The lowest BCUT2D eigenvalue weighted by Gasteiger charge is -2.34. The minimum absolute atomic E-state index is 0. The molecule has 5 nitrogen and oxygen atoms in total. The third kappa shape index (κ3) is 3.61. The fourth-order valence-electron chi connectivity index (χ4n) is 2.89. The lowest BCUT2D eigenvalue weighted by molar-refractivity contribution is -0.134. The topological polar surface area (TPSA) is 50.2 Å². The minimum Gasteiger partial charge on any atom is -0.341 e. The van der Waals surface area contributed by atoms with Gasteiger partial charge in [-0.1, -0.05) is 0 Å². The molecule has 2 aliphatic heterocycles. The normalized spacial score (nSPS) is 25.2. The van der Waals surface area contributed by atoms with Crippen LogP contribution >= 0.6 is 24.8 Å². The Balaban J connectivity index is 0.000000902. The summed E-state index contributed by atoms with van der Waals surface area (Å²) in [6.07, 6.45) is 4.69. The monoisotopic (exact) mass is 306 g/mol. The average Bonchev–Trinajstić information content (AvgIpc) is 2.97. The zero-order chi connectivity index (χ0) is 11.7. The molecule has 7 heteroatoms. The highest BCUT2D eigenvalue weighted by molar-refractivity contribution is 5.85. The molecule has 2 fully saturated rings. The number of carbonyl (C=O) groups excluding carboxylic acids is 1. The Morgan fingerprint density at radius 3 is 2.84 bits per heavy atom. The predicted octanol–water partition coefficient (Wildman–Crippen LogP) is 0.795. The number of fused-ring (bicyclic) bond motifs is 1. The van der Waals surface area contributed by atoms with E-state index in [4.69, 9.17) is 0 Å². The van der Waals surface area contributed by atoms with E-state index in [2.05, 4.69) is 10.4 Å². The van der Waals surface area contributed by atoms with Gasteiger partial charge in [0.2, 0.25) is 5.91 Å². The first-order valence-electron chi connectivity index (χ1n) is 6.29. The lowest BCUT2D eigenvalue weighted by Crippen LogP contribution is -2.44. The maximum Gasteiger partial charge on any atom is 0.244 e.